The second kappa shape index (κ2) is 3.64. The Morgan fingerprint density at radius 1 is 1.21 bits per heavy atom. The maximum absolute atomic E-state index is 10.8. The second-order valence-corrected chi connectivity index (χ2v) is 3.72. The lowest BCUT2D eigenvalue weighted by Crippen LogP contribution is -1.91. The van der Waals surface area contributed by atoms with Gasteiger partial charge in [0.05, 0.1) is 10.0 Å². The van der Waals surface area contributed by atoms with Gasteiger partial charge in [-0.2, -0.15) is 0 Å². The smallest absolute Gasteiger partial charge is 0.331 e. The Balaban J connectivity index is 2.38. The van der Waals surface area contributed by atoms with Crippen molar-refractivity contribution in [1.29, 1.82) is 0 Å². The molecule has 0 bridgehead atoms. The van der Waals surface area contributed by atoms with Gasteiger partial charge in [-0.15, -0.1) is 0 Å². The van der Waals surface area contributed by atoms with Gasteiger partial charge in [0.25, 0.3) is 0 Å². The summed E-state index contributed by atoms with van der Waals surface area (Å²) < 4.78 is 4.78. The van der Waals surface area contributed by atoms with E-state index >= 15 is 0 Å². The van der Waals surface area contributed by atoms with Crippen molar-refractivity contribution in [1.82, 2.24) is 0 Å². The number of hydrogen-bond acceptors (Lipinski definition) is 2. The third-order valence-electron chi connectivity index (χ3n) is 1.95. The first-order valence-corrected chi connectivity index (χ1v) is 4.75. The molecule has 0 radical (unpaired) electrons. The van der Waals surface area contributed by atoms with Crippen molar-refractivity contribution in [2.24, 2.45) is 0 Å². The first-order valence-electron chi connectivity index (χ1n) is 3.99. The average Bonchev–Trinajstić information content (AvgIpc) is 2.57. The van der Waals surface area contributed by atoms with Crippen molar-refractivity contribution in [3.8, 4) is 0 Å². The van der Waals surface area contributed by atoms with Crippen LogP contribution in [-0.4, -0.2) is 12.6 Å². The zero-order valence-electron chi connectivity index (χ0n) is 7.09. The minimum absolute atomic E-state index is 0.302. The standard InChI is InChI=1S/C10H6Cl2O2/c11-8-2-1-6(3-9(8)12)7-4-10(13)14-5-7/h1-4H,5H2. The van der Waals surface area contributed by atoms with E-state index in [1.807, 2.05) is 6.07 Å². The van der Waals surface area contributed by atoms with Crippen LogP contribution in [0.5, 0.6) is 0 Å². The molecule has 1 heterocycles. The highest BCUT2D eigenvalue weighted by molar-refractivity contribution is 6.42. The SMILES string of the molecule is O=C1C=C(c2ccc(Cl)c(Cl)c2)CO1. The van der Waals surface area contributed by atoms with Crippen LogP contribution in [0.1, 0.15) is 5.56 Å². The van der Waals surface area contributed by atoms with Gasteiger partial charge in [-0.3, -0.25) is 0 Å². The van der Waals surface area contributed by atoms with Gasteiger partial charge in [0, 0.05) is 11.6 Å². The minimum atomic E-state index is -0.314. The van der Waals surface area contributed by atoms with E-state index in [1.165, 1.54) is 6.08 Å². The monoisotopic (exact) mass is 228 g/mol. The van der Waals surface area contributed by atoms with Crippen molar-refractivity contribution < 1.29 is 9.53 Å². The number of cyclic esters (lactones) is 1. The molecule has 72 valence electrons. The van der Waals surface area contributed by atoms with E-state index in [1.54, 1.807) is 12.1 Å². The molecule has 2 nitrogen and oxygen atoms in total. The number of benzene rings is 1. The molecule has 1 aliphatic rings. The number of rotatable bonds is 1. The van der Waals surface area contributed by atoms with Gasteiger partial charge in [0.15, 0.2) is 0 Å². The van der Waals surface area contributed by atoms with Crippen LogP contribution in [0, 0.1) is 0 Å². The normalized spacial score (nSPS) is 15.3. The quantitative estimate of drug-likeness (QED) is 0.692. The summed E-state index contributed by atoms with van der Waals surface area (Å²) in [7, 11) is 0. The number of esters is 1. The van der Waals surface area contributed by atoms with Crippen LogP contribution in [0.3, 0.4) is 0 Å². The number of ether oxygens (including phenoxy) is 1. The number of hydrogen-bond donors (Lipinski definition) is 0. The Morgan fingerprint density at radius 3 is 2.57 bits per heavy atom. The Kier molecular flexibility index (Phi) is 2.48. The van der Waals surface area contributed by atoms with Gasteiger partial charge in [-0.25, -0.2) is 4.79 Å². The maximum Gasteiger partial charge on any atom is 0.331 e. The van der Waals surface area contributed by atoms with Crippen LogP contribution in [0.25, 0.3) is 5.57 Å². The third-order valence-corrected chi connectivity index (χ3v) is 2.69. The van der Waals surface area contributed by atoms with E-state index in [0.29, 0.717) is 16.7 Å². The fourth-order valence-corrected chi connectivity index (χ4v) is 1.54. The summed E-state index contributed by atoms with van der Waals surface area (Å²) in [6.07, 6.45) is 1.46. The summed E-state index contributed by atoms with van der Waals surface area (Å²) in [5.74, 6) is -0.314. The fourth-order valence-electron chi connectivity index (χ4n) is 1.24. The Labute approximate surface area is 91.1 Å². The zero-order valence-corrected chi connectivity index (χ0v) is 8.60. The molecule has 0 amide bonds. The van der Waals surface area contributed by atoms with E-state index in [-0.39, 0.29) is 5.97 Å². The van der Waals surface area contributed by atoms with Crippen LogP contribution >= 0.6 is 23.2 Å². The third kappa shape index (κ3) is 1.76. The van der Waals surface area contributed by atoms with Crippen molar-refractivity contribution in [2.45, 2.75) is 0 Å². The van der Waals surface area contributed by atoms with Crippen LogP contribution in [0.2, 0.25) is 10.0 Å². The Hall–Kier alpha value is -0.990. The van der Waals surface area contributed by atoms with E-state index in [9.17, 15) is 4.79 Å². The van der Waals surface area contributed by atoms with Gasteiger partial charge < -0.3 is 4.74 Å². The molecule has 0 atom stereocenters. The first kappa shape index (κ1) is 9.56. The van der Waals surface area contributed by atoms with Crippen LogP contribution in [0.15, 0.2) is 24.3 Å². The lowest BCUT2D eigenvalue weighted by molar-refractivity contribution is -0.134. The molecule has 1 aromatic carbocycles. The largest absolute Gasteiger partial charge is 0.458 e. The van der Waals surface area contributed by atoms with E-state index in [4.69, 9.17) is 27.9 Å². The predicted octanol–water partition coefficient (Wildman–Crippen LogP) is 2.93. The number of carbonyl (C=O) groups excluding carboxylic acids is 1. The molecule has 1 aromatic rings. The molecule has 0 fully saturated rings. The highest BCUT2D eigenvalue weighted by atomic mass is 35.5. The molecule has 0 saturated heterocycles. The minimum Gasteiger partial charge on any atom is -0.458 e. The summed E-state index contributed by atoms with van der Waals surface area (Å²) in [5, 5.41) is 0.977. The molecular weight excluding hydrogens is 223 g/mol. The highest BCUT2D eigenvalue weighted by Crippen LogP contribution is 2.27. The zero-order chi connectivity index (χ0) is 10.1. The Morgan fingerprint density at radius 2 is 2.00 bits per heavy atom. The topological polar surface area (TPSA) is 26.3 Å². The molecular formula is C10H6Cl2O2. The van der Waals surface area contributed by atoms with Gasteiger partial charge >= 0.3 is 5.97 Å². The molecule has 4 heteroatoms. The summed E-state index contributed by atoms with van der Waals surface area (Å²) in [4.78, 5) is 10.8. The lowest BCUT2D eigenvalue weighted by Gasteiger charge is -2.02. The average molecular weight is 229 g/mol. The summed E-state index contributed by atoms with van der Waals surface area (Å²) >= 11 is 11.6. The van der Waals surface area contributed by atoms with Crippen LogP contribution in [-0.2, 0) is 9.53 Å². The predicted molar refractivity (Wildman–Crippen MR) is 55.4 cm³/mol. The number of carbonyl (C=O) groups is 1. The van der Waals surface area contributed by atoms with Crippen LogP contribution in [0.4, 0.5) is 0 Å². The van der Waals surface area contributed by atoms with Crippen molar-refractivity contribution >= 4 is 34.7 Å². The van der Waals surface area contributed by atoms with Crippen molar-refractivity contribution in [3.63, 3.8) is 0 Å². The van der Waals surface area contributed by atoms with Crippen molar-refractivity contribution in [3.05, 3.63) is 39.9 Å². The van der Waals surface area contributed by atoms with E-state index < -0.39 is 0 Å². The summed E-state index contributed by atoms with van der Waals surface area (Å²) in [5.41, 5.74) is 1.69. The van der Waals surface area contributed by atoms with E-state index in [2.05, 4.69) is 0 Å². The molecule has 0 N–H and O–H groups in total. The first-order chi connectivity index (χ1) is 6.66. The Bertz CT molecular complexity index is 424. The summed E-state index contributed by atoms with van der Waals surface area (Å²) in [6.45, 7) is 0.302. The summed E-state index contributed by atoms with van der Waals surface area (Å²) in [6, 6.07) is 5.22. The molecule has 1 aliphatic heterocycles. The maximum atomic E-state index is 10.8. The molecule has 2 rings (SSSR count). The fraction of sp³-hybridized carbons (Fsp3) is 0.100. The molecule has 0 aliphatic carbocycles. The molecule has 14 heavy (non-hydrogen) atoms. The number of halogens is 2. The van der Waals surface area contributed by atoms with Crippen molar-refractivity contribution in [2.75, 3.05) is 6.61 Å². The highest BCUT2D eigenvalue weighted by Gasteiger charge is 2.14. The second-order valence-electron chi connectivity index (χ2n) is 2.91. The van der Waals surface area contributed by atoms with Gasteiger partial charge in [-0.05, 0) is 17.7 Å². The van der Waals surface area contributed by atoms with Gasteiger partial charge in [-0.1, -0.05) is 29.3 Å². The molecule has 0 saturated carbocycles. The van der Waals surface area contributed by atoms with Gasteiger partial charge in [0.1, 0.15) is 6.61 Å². The molecule has 0 unspecified atom stereocenters. The van der Waals surface area contributed by atoms with Crippen LogP contribution < -0.4 is 0 Å². The lowest BCUT2D eigenvalue weighted by atomic mass is 10.1. The molecule has 0 spiro atoms. The van der Waals surface area contributed by atoms with E-state index in [0.717, 1.165) is 11.1 Å². The van der Waals surface area contributed by atoms with Gasteiger partial charge in [0.2, 0.25) is 0 Å². The molecule has 0 aromatic heterocycles.